The minimum atomic E-state index is -0.0552. The molecular weight excluding hydrogens is 198 g/mol. The van der Waals surface area contributed by atoms with E-state index in [9.17, 15) is 0 Å². The minimum Gasteiger partial charge on any atom is -0.486 e. The van der Waals surface area contributed by atoms with Gasteiger partial charge in [-0.15, -0.1) is 0 Å². The molecule has 1 aliphatic rings. The van der Waals surface area contributed by atoms with Crippen molar-refractivity contribution in [2.45, 2.75) is 6.10 Å². The Balaban J connectivity index is 2.09. The Morgan fingerprint density at radius 2 is 2.21 bits per heavy atom. The van der Waals surface area contributed by atoms with Crippen molar-refractivity contribution in [2.75, 3.05) is 13.2 Å². The van der Waals surface area contributed by atoms with Crippen molar-refractivity contribution in [1.29, 1.82) is 0 Å². The summed E-state index contributed by atoms with van der Waals surface area (Å²) in [5, 5.41) is 2.31. The van der Waals surface area contributed by atoms with E-state index in [4.69, 9.17) is 9.47 Å². The lowest BCUT2D eigenvalue weighted by Crippen LogP contribution is -2.31. The van der Waals surface area contributed by atoms with Gasteiger partial charge in [0.15, 0.2) is 17.6 Å². The first-order valence-electron chi connectivity index (χ1n) is 4.32. The van der Waals surface area contributed by atoms with Crippen LogP contribution in [-0.2, 0) is 0 Å². The van der Waals surface area contributed by atoms with Crippen LogP contribution >= 0.6 is 12.2 Å². The molecule has 0 N–H and O–H groups in total. The largest absolute Gasteiger partial charge is 0.486 e. The quantitative estimate of drug-likeness (QED) is 0.548. The van der Waals surface area contributed by atoms with E-state index in [2.05, 4.69) is 22.4 Å². The Bertz CT molecular complexity index is 374. The Hall–Kier alpha value is -1.38. The van der Waals surface area contributed by atoms with Gasteiger partial charge in [-0.2, -0.15) is 0 Å². The number of rotatable bonds is 2. The highest BCUT2D eigenvalue weighted by Gasteiger charge is 2.19. The van der Waals surface area contributed by atoms with Gasteiger partial charge in [0.2, 0.25) is 0 Å². The highest BCUT2D eigenvalue weighted by Crippen LogP contribution is 2.30. The summed E-state index contributed by atoms with van der Waals surface area (Å²) >= 11 is 4.49. The number of ether oxygens (including phenoxy) is 2. The molecule has 14 heavy (non-hydrogen) atoms. The summed E-state index contributed by atoms with van der Waals surface area (Å²) in [6, 6.07) is 7.58. The molecule has 0 radical (unpaired) electrons. The van der Waals surface area contributed by atoms with E-state index in [1.165, 1.54) is 0 Å². The monoisotopic (exact) mass is 207 g/mol. The molecule has 2 rings (SSSR count). The van der Waals surface area contributed by atoms with E-state index in [1.807, 2.05) is 24.3 Å². The highest BCUT2D eigenvalue weighted by atomic mass is 32.1. The first-order valence-corrected chi connectivity index (χ1v) is 4.73. The molecule has 0 aromatic heterocycles. The van der Waals surface area contributed by atoms with Crippen LogP contribution in [0.2, 0.25) is 0 Å². The SMILES string of the molecule is S=C=NC[C@H]1COc2ccccc2O1. The number of nitrogens with zero attached hydrogens (tertiary/aromatic N) is 1. The zero-order chi connectivity index (χ0) is 9.80. The topological polar surface area (TPSA) is 30.8 Å². The van der Waals surface area contributed by atoms with E-state index in [0.29, 0.717) is 13.2 Å². The third kappa shape index (κ3) is 1.92. The number of isothiocyanates is 1. The predicted octanol–water partition coefficient (Wildman–Crippen LogP) is 1.93. The second-order valence-electron chi connectivity index (χ2n) is 2.93. The maximum Gasteiger partial charge on any atom is 0.161 e. The van der Waals surface area contributed by atoms with Crippen molar-refractivity contribution in [1.82, 2.24) is 0 Å². The molecule has 72 valence electrons. The van der Waals surface area contributed by atoms with Crippen molar-refractivity contribution < 1.29 is 9.47 Å². The molecule has 3 nitrogen and oxygen atoms in total. The van der Waals surface area contributed by atoms with Crippen LogP contribution < -0.4 is 9.47 Å². The van der Waals surface area contributed by atoms with Gasteiger partial charge < -0.3 is 9.47 Å². The predicted molar refractivity (Wildman–Crippen MR) is 56.2 cm³/mol. The molecule has 4 heteroatoms. The molecule has 1 aliphatic heterocycles. The normalized spacial score (nSPS) is 18.4. The second-order valence-corrected chi connectivity index (χ2v) is 3.11. The lowest BCUT2D eigenvalue weighted by atomic mass is 10.2. The molecule has 0 amide bonds. The first kappa shape index (κ1) is 9.19. The molecule has 1 aromatic carbocycles. The Morgan fingerprint density at radius 3 is 3.00 bits per heavy atom. The highest BCUT2D eigenvalue weighted by molar-refractivity contribution is 7.78. The van der Waals surface area contributed by atoms with Gasteiger partial charge in [0, 0.05) is 0 Å². The van der Waals surface area contributed by atoms with Crippen molar-refractivity contribution in [3.8, 4) is 11.5 Å². The van der Waals surface area contributed by atoms with Crippen LogP contribution in [0.5, 0.6) is 11.5 Å². The lowest BCUT2D eigenvalue weighted by molar-refractivity contribution is 0.0974. The van der Waals surface area contributed by atoms with Gasteiger partial charge in [-0.25, -0.2) is 4.99 Å². The number of hydrogen-bond donors (Lipinski definition) is 0. The minimum absolute atomic E-state index is 0.0552. The average Bonchev–Trinajstić information content (AvgIpc) is 2.26. The number of para-hydroxylation sites is 2. The smallest absolute Gasteiger partial charge is 0.161 e. The van der Waals surface area contributed by atoms with Crippen LogP contribution in [0.1, 0.15) is 0 Å². The van der Waals surface area contributed by atoms with Gasteiger partial charge >= 0.3 is 0 Å². The van der Waals surface area contributed by atoms with Gasteiger partial charge in [-0.1, -0.05) is 12.1 Å². The van der Waals surface area contributed by atoms with Crippen LogP contribution in [0, 0.1) is 0 Å². The Labute approximate surface area is 87.4 Å². The Kier molecular flexibility index (Phi) is 2.77. The summed E-state index contributed by atoms with van der Waals surface area (Å²) in [4.78, 5) is 3.83. The summed E-state index contributed by atoms with van der Waals surface area (Å²) in [7, 11) is 0. The maximum absolute atomic E-state index is 5.63. The molecule has 0 bridgehead atoms. The number of hydrogen-bond acceptors (Lipinski definition) is 4. The Morgan fingerprint density at radius 1 is 1.43 bits per heavy atom. The fraction of sp³-hybridized carbons (Fsp3) is 0.300. The molecule has 0 saturated carbocycles. The summed E-state index contributed by atoms with van der Waals surface area (Å²) in [5.74, 6) is 1.55. The van der Waals surface area contributed by atoms with Gasteiger partial charge in [-0.3, -0.25) is 0 Å². The zero-order valence-corrected chi connectivity index (χ0v) is 8.29. The van der Waals surface area contributed by atoms with E-state index in [-0.39, 0.29) is 6.10 Å². The van der Waals surface area contributed by atoms with E-state index in [1.54, 1.807) is 0 Å². The molecule has 0 unspecified atom stereocenters. The molecular formula is C10H9NO2S. The molecule has 0 fully saturated rings. The number of benzene rings is 1. The average molecular weight is 207 g/mol. The molecule has 1 aromatic rings. The van der Waals surface area contributed by atoms with Gasteiger partial charge in [0.05, 0.1) is 11.7 Å². The van der Waals surface area contributed by atoms with Gasteiger partial charge in [0.25, 0.3) is 0 Å². The molecule has 0 spiro atoms. The maximum atomic E-state index is 5.63. The summed E-state index contributed by atoms with van der Waals surface area (Å²) in [6.45, 7) is 1.01. The van der Waals surface area contributed by atoms with Gasteiger partial charge in [-0.05, 0) is 24.4 Å². The number of fused-ring (bicyclic) bond motifs is 1. The summed E-state index contributed by atoms with van der Waals surface area (Å²) < 4.78 is 11.1. The standard InChI is InChI=1S/C10H9NO2S/c14-7-11-5-8-6-12-9-3-1-2-4-10(9)13-8/h1-4,8H,5-6H2/t8-/m0/s1. The third-order valence-corrected chi connectivity index (χ3v) is 2.06. The van der Waals surface area contributed by atoms with E-state index in [0.717, 1.165) is 11.5 Å². The second kappa shape index (κ2) is 4.22. The molecule has 0 saturated heterocycles. The first-order chi connectivity index (χ1) is 6.90. The number of aliphatic imine (C=N–C) groups is 1. The molecule has 0 aliphatic carbocycles. The van der Waals surface area contributed by atoms with Crippen molar-refractivity contribution in [2.24, 2.45) is 4.99 Å². The van der Waals surface area contributed by atoms with Crippen LogP contribution in [0.3, 0.4) is 0 Å². The molecule has 1 heterocycles. The van der Waals surface area contributed by atoms with E-state index >= 15 is 0 Å². The number of thiocarbonyl (C=S) groups is 1. The lowest BCUT2D eigenvalue weighted by Gasteiger charge is -2.24. The third-order valence-electron chi connectivity index (χ3n) is 1.93. The van der Waals surface area contributed by atoms with Crippen molar-refractivity contribution in [3.63, 3.8) is 0 Å². The van der Waals surface area contributed by atoms with Crippen molar-refractivity contribution >= 4 is 17.4 Å². The van der Waals surface area contributed by atoms with Crippen LogP contribution in [0.15, 0.2) is 29.3 Å². The van der Waals surface area contributed by atoms with Crippen LogP contribution in [-0.4, -0.2) is 24.4 Å². The van der Waals surface area contributed by atoms with Crippen molar-refractivity contribution in [3.05, 3.63) is 24.3 Å². The fourth-order valence-electron chi connectivity index (χ4n) is 1.29. The zero-order valence-electron chi connectivity index (χ0n) is 7.47. The van der Waals surface area contributed by atoms with E-state index < -0.39 is 0 Å². The summed E-state index contributed by atoms with van der Waals surface area (Å²) in [5.41, 5.74) is 0. The summed E-state index contributed by atoms with van der Waals surface area (Å²) in [6.07, 6.45) is -0.0552. The van der Waals surface area contributed by atoms with Crippen LogP contribution in [0.25, 0.3) is 0 Å². The van der Waals surface area contributed by atoms with Crippen LogP contribution in [0.4, 0.5) is 0 Å². The molecule has 1 atom stereocenters. The fourth-order valence-corrected chi connectivity index (χ4v) is 1.37. The van der Waals surface area contributed by atoms with Gasteiger partial charge in [0.1, 0.15) is 6.61 Å².